The van der Waals surface area contributed by atoms with Crippen LogP contribution in [0, 0.1) is 0 Å². The molecule has 0 spiro atoms. The Hall–Kier alpha value is -3.93. The number of allylic oxidation sites excluding steroid dienone is 18. The van der Waals surface area contributed by atoms with Crippen LogP contribution in [-0.4, -0.2) is 37.2 Å². The molecule has 0 saturated carbocycles. The number of carbonyl (C=O) groups is 3. The van der Waals surface area contributed by atoms with Crippen LogP contribution in [0.1, 0.15) is 239 Å². The van der Waals surface area contributed by atoms with Crippen molar-refractivity contribution in [2.24, 2.45) is 0 Å². The zero-order chi connectivity index (χ0) is 48.6. The van der Waals surface area contributed by atoms with E-state index in [9.17, 15) is 14.4 Å². The first kappa shape index (κ1) is 63.1. The first-order chi connectivity index (χ1) is 33.0. The van der Waals surface area contributed by atoms with Crippen LogP contribution in [0.25, 0.3) is 0 Å². The molecule has 0 saturated heterocycles. The van der Waals surface area contributed by atoms with Gasteiger partial charge >= 0.3 is 17.9 Å². The first-order valence-electron chi connectivity index (χ1n) is 27.4. The Bertz CT molecular complexity index is 1390. The van der Waals surface area contributed by atoms with E-state index < -0.39 is 6.10 Å². The van der Waals surface area contributed by atoms with E-state index in [1.54, 1.807) is 0 Å². The van der Waals surface area contributed by atoms with Crippen molar-refractivity contribution in [2.45, 2.75) is 245 Å². The normalized spacial score (nSPS) is 12.9. The van der Waals surface area contributed by atoms with Crippen LogP contribution in [0.3, 0.4) is 0 Å². The summed E-state index contributed by atoms with van der Waals surface area (Å²) in [6, 6.07) is 0. The number of esters is 3. The van der Waals surface area contributed by atoms with Gasteiger partial charge < -0.3 is 14.2 Å². The molecule has 380 valence electrons. The molecule has 0 aliphatic rings. The second-order valence-electron chi connectivity index (χ2n) is 17.7. The van der Waals surface area contributed by atoms with E-state index in [-0.39, 0.29) is 37.5 Å². The van der Waals surface area contributed by atoms with Gasteiger partial charge in [0.05, 0.1) is 0 Å². The highest BCUT2D eigenvalue weighted by molar-refractivity contribution is 5.71. The quantitative estimate of drug-likeness (QED) is 0.0262. The molecular formula is C61H100O6. The largest absolute Gasteiger partial charge is 0.462 e. The van der Waals surface area contributed by atoms with Gasteiger partial charge in [-0.25, -0.2) is 0 Å². The molecule has 0 N–H and O–H groups in total. The molecule has 67 heavy (non-hydrogen) atoms. The van der Waals surface area contributed by atoms with E-state index in [1.165, 1.54) is 89.9 Å². The Morgan fingerprint density at radius 3 is 1.04 bits per heavy atom. The fourth-order valence-corrected chi connectivity index (χ4v) is 7.14. The molecule has 0 aliphatic carbocycles. The fraction of sp³-hybridized carbons (Fsp3) is 0.656. The smallest absolute Gasteiger partial charge is 0.306 e. The summed E-state index contributed by atoms with van der Waals surface area (Å²) in [5.74, 6) is -1.02. The highest BCUT2D eigenvalue weighted by Crippen LogP contribution is 2.13. The minimum Gasteiger partial charge on any atom is -0.462 e. The lowest BCUT2D eigenvalue weighted by Crippen LogP contribution is -2.30. The van der Waals surface area contributed by atoms with Gasteiger partial charge in [0.25, 0.3) is 0 Å². The van der Waals surface area contributed by atoms with Gasteiger partial charge in [0.2, 0.25) is 0 Å². The Balaban J connectivity index is 4.54. The highest BCUT2D eigenvalue weighted by Gasteiger charge is 2.19. The van der Waals surface area contributed by atoms with Crippen molar-refractivity contribution in [3.8, 4) is 0 Å². The molecule has 0 aliphatic heterocycles. The van der Waals surface area contributed by atoms with Crippen LogP contribution >= 0.6 is 0 Å². The van der Waals surface area contributed by atoms with Gasteiger partial charge in [-0.3, -0.25) is 14.4 Å². The van der Waals surface area contributed by atoms with Gasteiger partial charge in [0, 0.05) is 19.3 Å². The predicted octanol–water partition coefficient (Wildman–Crippen LogP) is 18.3. The minimum absolute atomic E-state index is 0.112. The van der Waals surface area contributed by atoms with Crippen molar-refractivity contribution in [1.82, 2.24) is 0 Å². The summed E-state index contributed by atoms with van der Waals surface area (Å²) in [7, 11) is 0. The van der Waals surface area contributed by atoms with E-state index in [0.29, 0.717) is 19.3 Å². The van der Waals surface area contributed by atoms with Crippen LogP contribution in [-0.2, 0) is 28.6 Å². The monoisotopic (exact) mass is 929 g/mol. The molecule has 6 nitrogen and oxygen atoms in total. The molecule has 0 rings (SSSR count). The third-order valence-electron chi connectivity index (χ3n) is 11.2. The Morgan fingerprint density at radius 2 is 0.612 bits per heavy atom. The molecule has 0 aromatic rings. The van der Waals surface area contributed by atoms with Crippen molar-refractivity contribution < 1.29 is 28.6 Å². The number of unbranched alkanes of at least 4 members (excludes halogenated alkanes) is 19. The summed E-state index contributed by atoms with van der Waals surface area (Å²) in [5.41, 5.74) is 0. The zero-order valence-corrected chi connectivity index (χ0v) is 43.4. The molecule has 0 unspecified atom stereocenters. The van der Waals surface area contributed by atoms with Crippen molar-refractivity contribution in [1.29, 1.82) is 0 Å². The van der Waals surface area contributed by atoms with Gasteiger partial charge in [0.15, 0.2) is 6.10 Å². The first-order valence-corrected chi connectivity index (χ1v) is 27.4. The number of hydrogen-bond acceptors (Lipinski definition) is 6. The Labute approximate surface area is 412 Å². The molecule has 1 atom stereocenters. The van der Waals surface area contributed by atoms with Crippen molar-refractivity contribution in [3.63, 3.8) is 0 Å². The number of ether oxygens (including phenoxy) is 3. The summed E-state index contributed by atoms with van der Waals surface area (Å²) in [5, 5.41) is 0. The molecule has 0 fully saturated rings. The van der Waals surface area contributed by atoms with Crippen LogP contribution in [0.15, 0.2) is 109 Å². The predicted molar refractivity (Wildman–Crippen MR) is 288 cm³/mol. The van der Waals surface area contributed by atoms with Crippen LogP contribution in [0.2, 0.25) is 0 Å². The fourth-order valence-electron chi connectivity index (χ4n) is 7.14. The van der Waals surface area contributed by atoms with Gasteiger partial charge in [-0.1, -0.05) is 214 Å². The third kappa shape index (κ3) is 52.9. The maximum atomic E-state index is 12.8. The van der Waals surface area contributed by atoms with Crippen LogP contribution < -0.4 is 0 Å². The van der Waals surface area contributed by atoms with Gasteiger partial charge in [-0.15, -0.1) is 0 Å². The molecular weight excluding hydrogens is 829 g/mol. The average molecular weight is 929 g/mol. The maximum absolute atomic E-state index is 12.8. The summed E-state index contributed by atoms with van der Waals surface area (Å²) in [4.78, 5) is 38.1. The molecule has 0 aromatic heterocycles. The number of carbonyl (C=O) groups excluding carboxylic acids is 3. The lowest BCUT2D eigenvalue weighted by Gasteiger charge is -2.18. The Kier molecular flexibility index (Phi) is 51.5. The van der Waals surface area contributed by atoms with Crippen LogP contribution in [0.5, 0.6) is 0 Å². The second kappa shape index (κ2) is 54.7. The van der Waals surface area contributed by atoms with E-state index in [0.717, 1.165) is 103 Å². The summed E-state index contributed by atoms with van der Waals surface area (Å²) >= 11 is 0. The molecule has 0 amide bonds. The zero-order valence-electron chi connectivity index (χ0n) is 43.4. The molecule has 6 heteroatoms. The van der Waals surface area contributed by atoms with E-state index in [2.05, 4.69) is 124 Å². The summed E-state index contributed by atoms with van der Waals surface area (Å²) in [6.07, 6.45) is 73.7. The van der Waals surface area contributed by atoms with Crippen molar-refractivity contribution in [3.05, 3.63) is 109 Å². The summed E-state index contributed by atoms with van der Waals surface area (Å²) in [6.45, 7) is 6.40. The average Bonchev–Trinajstić information content (AvgIpc) is 3.33. The lowest BCUT2D eigenvalue weighted by molar-refractivity contribution is -0.166. The van der Waals surface area contributed by atoms with E-state index in [4.69, 9.17) is 14.2 Å². The minimum atomic E-state index is -0.818. The maximum Gasteiger partial charge on any atom is 0.306 e. The molecule has 0 radical (unpaired) electrons. The molecule has 0 heterocycles. The van der Waals surface area contributed by atoms with Gasteiger partial charge in [0.1, 0.15) is 13.2 Å². The van der Waals surface area contributed by atoms with E-state index >= 15 is 0 Å². The highest BCUT2D eigenvalue weighted by atomic mass is 16.6. The standard InChI is InChI=1S/C61H100O6/c1-4-7-10-13-16-19-22-25-28-29-30-31-34-36-39-42-45-48-51-54-60(63)66-57-58(67-61(64)55-52-49-46-43-40-37-33-27-24-21-18-15-12-9-6-3)56-65-59(62)53-50-47-44-41-38-35-32-26-23-20-17-14-11-8-5-2/h7,10,16-17,19-21,24-26,28,30-32,36,39,45,48,58H,4-6,8-9,11-15,18,22-23,27,29,33-35,37-38,40-44,46-47,49-57H2,1-3H3/b10-7-,19-16-,20-17-,24-21-,28-25-,31-30-,32-26-,39-36-,48-45-/t58-/m0/s1. The lowest BCUT2D eigenvalue weighted by atomic mass is 10.1. The molecule has 0 aromatic carbocycles. The van der Waals surface area contributed by atoms with Gasteiger partial charge in [-0.05, 0) is 116 Å². The Morgan fingerprint density at radius 1 is 0.313 bits per heavy atom. The number of hydrogen-bond donors (Lipinski definition) is 0. The van der Waals surface area contributed by atoms with Crippen molar-refractivity contribution in [2.75, 3.05) is 13.2 Å². The number of rotatable bonds is 48. The summed E-state index contributed by atoms with van der Waals surface area (Å²) < 4.78 is 16.7. The topological polar surface area (TPSA) is 78.9 Å². The van der Waals surface area contributed by atoms with Crippen LogP contribution in [0.4, 0.5) is 0 Å². The van der Waals surface area contributed by atoms with Crippen molar-refractivity contribution >= 4 is 17.9 Å². The third-order valence-corrected chi connectivity index (χ3v) is 11.2. The SMILES string of the molecule is CC/C=C\C/C=C\C/C=C\C/C=C\C/C=C\C/C=C\CCC(=O)OC[C@H](COC(=O)CCCCCCC/C=C\C/C=C\CCCCC)OC(=O)CCCCCCCCC/C=C\CCCCCC. The van der Waals surface area contributed by atoms with E-state index in [1.807, 2.05) is 6.08 Å². The van der Waals surface area contributed by atoms with Gasteiger partial charge in [-0.2, -0.15) is 0 Å². The molecule has 0 bridgehead atoms. The second-order valence-corrected chi connectivity index (χ2v) is 17.7.